The second-order valence-electron chi connectivity index (χ2n) is 5.70. The fourth-order valence-electron chi connectivity index (χ4n) is 2.27. The number of amides is 1. The molecule has 0 unspecified atom stereocenters. The zero-order chi connectivity index (χ0) is 18.0. The smallest absolute Gasteiger partial charge is 0.326 e. The molecule has 1 amide bonds. The highest BCUT2D eigenvalue weighted by Gasteiger charge is 2.40. The second kappa shape index (κ2) is 7.87. The Hall–Kier alpha value is -1.08. The molecule has 1 atom stereocenters. The minimum atomic E-state index is -1.06. The largest absolute Gasteiger partial charge is 0.480 e. The van der Waals surface area contributed by atoms with Crippen molar-refractivity contribution in [3.8, 4) is 0 Å². The molecule has 1 aromatic rings. The molecule has 1 aliphatic rings. The molecule has 1 heterocycles. The van der Waals surface area contributed by atoms with Gasteiger partial charge in [0.2, 0.25) is 0 Å². The summed E-state index contributed by atoms with van der Waals surface area (Å²) in [5.41, 5.74) is 0.623. The third kappa shape index (κ3) is 4.30. The van der Waals surface area contributed by atoms with Gasteiger partial charge in [-0.2, -0.15) is 0 Å². The Morgan fingerprint density at radius 3 is 2.62 bits per heavy atom. The zero-order valence-corrected chi connectivity index (χ0v) is 16.1. The van der Waals surface area contributed by atoms with Gasteiger partial charge in [-0.1, -0.05) is 67.1 Å². The molecule has 1 N–H and O–H groups in total. The average molecular weight is 404 g/mol. The molecule has 8 heteroatoms. The summed E-state index contributed by atoms with van der Waals surface area (Å²) in [6.45, 7) is 3.80. The van der Waals surface area contributed by atoms with E-state index >= 15 is 0 Å². The first-order chi connectivity index (χ1) is 11.2. The molecule has 4 nitrogen and oxygen atoms in total. The lowest BCUT2D eigenvalue weighted by Gasteiger charge is -2.24. The highest BCUT2D eigenvalue weighted by Crippen LogP contribution is 2.36. The fourth-order valence-corrected chi connectivity index (χ4v) is 4.08. The average Bonchev–Trinajstić information content (AvgIpc) is 2.74. The van der Waals surface area contributed by atoms with Crippen LogP contribution in [0.5, 0.6) is 0 Å². The van der Waals surface area contributed by atoms with Crippen molar-refractivity contribution in [3.63, 3.8) is 0 Å². The maximum Gasteiger partial charge on any atom is 0.326 e. The number of nitrogens with zero attached hydrogens (tertiary/aromatic N) is 1. The Morgan fingerprint density at radius 2 is 2.08 bits per heavy atom. The number of benzene rings is 1. The normalized spacial score (nSPS) is 17.9. The van der Waals surface area contributed by atoms with Crippen LogP contribution in [-0.2, 0) is 9.59 Å². The highest BCUT2D eigenvalue weighted by atomic mass is 35.5. The number of hydrogen-bond acceptors (Lipinski definition) is 4. The van der Waals surface area contributed by atoms with Gasteiger partial charge in [0.05, 0.1) is 4.91 Å². The molecule has 24 heavy (non-hydrogen) atoms. The summed E-state index contributed by atoms with van der Waals surface area (Å²) in [6.07, 6.45) is 1.93. The summed E-state index contributed by atoms with van der Waals surface area (Å²) in [7, 11) is 0. The Kier molecular flexibility index (Phi) is 6.31. The molecule has 0 bridgehead atoms. The Morgan fingerprint density at radius 1 is 1.42 bits per heavy atom. The maximum absolute atomic E-state index is 12.6. The number of carbonyl (C=O) groups is 2. The van der Waals surface area contributed by atoms with Gasteiger partial charge < -0.3 is 5.11 Å². The van der Waals surface area contributed by atoms with Gasteiger partial charge in [0.15, 0.2) is 0 Å². The first kappa shape index (κ1) is 19.2. The summed E-state index contributed by atoms with van der Waals surface area (Å²) >= 11 is 18.3. The first-order valence-electron chi connectivity index (χ1n) is 7.15. The van der Waals surface area contributed by atoms with Gasteiger partial charge in [0.1, 0.15) is 10.4 Å². The number of aliphatic carboxylic acids is 1. The molecule has 0 radical (unpaired) electrons. The van der Waals surface area contributed by atoms with E-state index in [1.807, 2.05) is 13.8 Å². The summed E-state index contributed by atoms with van der Waals surface area (Å²) in [6, 6.07) is 3.97. The van der Waals surface area contributed by atoms with Crippen molar-refractivity contribution >= 4 is 69.5 Å². The number of thiocarbonyl (C=S) groups is 1. The molecule has 0 aliphatic carbocycles. The highest BCUT2D eigenvalue weighted by molar-refractivity contribution is 8.26. The molecule has 0 aromatic heterocycles. The lowest BCUT2D eigenvalue weighted by molar-refractivity contribution is -0.145. The van der Waals surface area contributed by atoms with Crippen LogP contribution in [0.25, 0.3) is 6.08 Å². The molecule has 0 saturated carbocycles. The third-order valence-corrected chi connectivity index (χ3v) is 5.26. The van der Waals surface area contributed by atoms with Crippen molar-refractivity contribution in [2.45, 2.75) is 26.3 Å². The Balaban J connectivity index is 2.33. The first-order valence-corrected chi connectivity index (χ1v) is 9.13. The van der Waals surface area contributed by atoms with Crippen LogP contribution in [0.4, 0.5) is 0 Å². The summed E-state index contributed by atoms with van der Waals surface area (Å²) in [5, 5.41) is 10.4. The standard InChI is InChI=1S/C16H15Cl2NO3S2/c1-8(2)5-12(15(21)22)19-14(20)13(24-16(19)23)6-9-3-4-10(17)7-11(9)18/h3-4,6-8,12H,5H2,1-2H3,(H,21,22)/b13-6-/t12-/m1/s1. The predicted octanol–water partition coefficient (Wildman–Crippen LogP) is 4.69. The van der Waals surface area contributed by atoms with Crippen LogP contribution in [0.2, 0.25) is 10.0 Å². The second-order valence-corrected chi connectivity index (χ2v) is 8.22. The number of hydrogen-bond donors (Lipinski definition) is 1. The van der Waals surface area contributed by atoms with Gasteiger partial charge in [-0.25, -0.2) is 4.79 Å². The molecule has 1 aliphatic heterocycles. The number of carboxylic acid groups (broad SMARTS) is 1. The van der Waals surface area contributed by atoms with Gasteiger partial charge in [0.25, 0.3) is 5.91 Å². The topological polar surface area (TPSA) is 57.6 Å². The van der Waals surface area contributed by atoms with Crippen LogP contribution in [0, 0.1) is 5.92 Å². The minimum absolute atomic E-state index is 0.116. The third-order valence-electron chi connectivity index (χ3n) is 3.36. The SMILES string of the molecule is CC(C)C[C@H](C(=O)O)N1C(=O)/C(=C/c2ccc(Cl)cc2Cl)SC1=S. The van der Waals surface area contributed by atoms with Crippen molar-refractivity contribution < 1.29 is 14.7 Å². The molecule has 128 valence electrons. The number of halogens is 2. The van der Waals surface area contributed by atoms with E-state index in [2.05, 4.69) is 0 Å². The van der Waals surface area contributed by atoms with Gasteiger partial charge in [0, 0.05) is 10.0 Å². The van der Waals surface area contributed by atoms with Gasteiger partial charge in [-0.3, -0.25) is 9.69 Å². The van der Waals surface area contributed by atoms with Crippen molar-refractivity contribution in [1.82, 2.24) is 4.90 Å². The lowest BCUT2D eigenvalue weighted by Crippen LogP contribution is -2.44. The van der Waals surface area contributed by atoms with E-state index in [4.69, 9.17) is 35.4 Å². The summed E-state index contributed by atoms with van der Waals surface area (Å²) < 4.78 is 0.240. The van der Waals surface area contributed by atoms with Gasteiger partial charge in [-0.15, -0.1) is 0 Å². The fraction of sp³-hybridized carbons (Fsp3) is 0.312. The van der Waals surface area contributed by atoms with Crippen molar-refractivity contribution in [1.29, 1.82) is 0 Å². The van der Waals surface area contributed by atoms with E-state index in [1.165, 1.54) is 4.90 Å². The predicted molar refractivity (Wildman–Crippen MR) is 102 cm³/mol. The van der Waals surface area contributed by atoms with Crippen LogP contribution in [0.3, 0.4) is 0 Å². The number of thioether (sulfide) groups is 1. The lowest BCUT2D eigenvalue weighted by atomic mass is 10.0. The Labute approximate surface area is 159 Å². The summed E-state index contributed by atoms with van der Waals surface area (Å²) in [5.74, 6) is -1.36. The van der Waals surface area contributed by atoms with Crippen LogP contribution in [0.1, 0.15) is 25.8 Å². The molecule has 1 saturated heterocycles. The number of carboxylic acids is 1. The van der Waals surface area contributed by atoms with E-state index in [-0.39, 0.29) is 10.2 Å². The molecular weight excluding hydrogens is 389 g/mol. The van der Waals surface area contributed by atoms with Crippen LogP contribution in [0.15, 0.2) is 23.1 Å². The monoisotopic (exact) mass is 403 g/mol. The van der Waals surface area contributed by atoms with E-state index in [9.17, 15) is 14.7 Å². The zero-order valence-electron chi connectivity index (χ0n) is 13.0. The van der Waals surface area contributed by atoms with Crippen LogP contribution < -0.4 is 0 Å². The number of carbonyl (C=O) groups excluding carboxylic acids is 1. The summed E-state index contributed by atoms with van der Waals surface area (Å²) in [4.78, 5) is 25.7. The molecule has 1 fully saturated rings. The van der Waals surface area contributed by atoms with Gasteiger partial charge >= 0.3 is 5.97 Å². The van der Waals surface area contributed by atoms with Crippen LogP contribution >= 0.6 is 47.2 Å². The van der Waals surface area contributed by atoms with Gasteiger partial charge in [-0.05, 0) is 36.1 Å². The molecular formula is C16H15Cl2NO3S2. The molecule has 2 rings (SSSR count). The van der Waals surface area contributed by atoms with Crippen molar-refractivity contribution in [2.24, 2.45) is 5.92 Å². The Bertz CT molecular complexity index is 734. The number of rotatable bonds is 5. The minimum Gasteiger partial charge on any atom is -0.480 e. The van der Waals surface area contributed by atoms with Crippen molar-refractivity contribution in [3.05, 3.63) is 38.7 Å². The van der Waals surface area contributed by atoms with Crippen LogP contribution in [-0.4, -0.2) is 32.2 Å². The van der Waals surface area contributed by atoms with E-state index in [0.29, 0.717) is 26.9 Å². The molecule has 1 aromatic carbocycles. The quantitative estimate of drug-likeness (QED) is 0.570. The van der Waals surface area contributed by atoms with Crippen molar-refractivity contribution in [2.75, 3.05) is 0 Å². The maximum atomic E-state index is 12.6. The van der Waals surface area contributed by atoms with E-state index in [0.717, 1.165) is 11.8 Å². The molecule has 0 spiro atoms. The van der Waals surface area contributed by atoms with E-state index < -0.39 is 17.9 Å². The van der Waals surface area contributed by atoms with E-state index in [1.54, 1.807) is 24.3 Å².